The molecule has 0 aliphatic carbocycles. The Balaban J connectivity index is 2.25. The number of anilines is 3. The molecule has 2 rings (SSSR count). The molecule has 0 aliphatic rings. The molecule has 9 heteroatoms. The summed E-state index contributed by atoms with van der Waals surface area (Å²) in [6.07, 6.45) is 6.62. The molecule has 0 saturated heterocycles. The van der Waals surface area contributed by atoms with Gasteiger partial charge < -0.3 is 10.1 Å². The van der Waals surface area contributed by atoms with E-state index in [1.165, 1.54) is 13.3 Å². The molecule has 2 aromatic rings. The van der Waals surface area contributed by atoms with E-state index in [9.17, 15) is 5.21 Å². The van der Waals surface area contributed by atoms with E-state index in [0.29, 0.717) is 23.2 Å². The van der Waals surface area contributed by atoms with Crippen molar-refractivity contribution in [3.63, 3.8) is 0 Å². The Labute approximate surface area is 139 Å². The zero-order valence-electron chi connectivity index (χ0n) is 13.7. The average molecular weight is 329 g/mol. The van der Waals surface area contributed by atoms with Gasteiger partial charge in [0, 0.05) is 25.0 Å². The zero-order valence-corrected chi connectivity index (χ0v) is 13.7. The first-order valence-corrected chi connectivity index (χ1v) is 7.02. The van der Waals surface area contributed by atoms with Gasteiger partial charge in [0.1, 0.15) is 11.4 Å². The molecular weight excluding hydrogens is 310 g/mol. The number of nitrogens with zero attached hydrogens (tertiary/aromatic N) is 5. The van der Waals surface area contributed by atoms with Gasteiger partial charge >= 0.3 is 0 Å². The second-order valence-corrected chi connectivity index (χ2v) is 4.80. The lowest BCUT2D eigenvalue weighted by Gasteiger charge is -2.06. The van der Waals surface area contributed by atoms with Crippen LogP contribution in [0.3, 0.4) is 0 Å². The van der Waals surface area contributed by atoms with Gasteiger partial charge in [-0.2, -0.15) is 10.1 Å². The van der Waals surface area contributed by atoms with Crippen LogP contribution in [0.1, 0.15) is 6.92 Å². The third kappa shape index (κ3) is 4.65. The largest absolute Gasteiger partial charge is 0.497 e. The van der Waals surface area contributed by atoms with Crippen LogP contribution in [0, 0.1) is 0 Å². The number of ether oxygens (including phenoxy) is 1. The van der Waals surface area contributed by atoms with Crippen LogP contribution in [0.5, 0.6) is 0 Å². The van der Waals surface area contributed by atoms with Crippen LogP contribution in [0.2, 0.25) is 0 Å². The lowest BCUT2D eigenvalue weighted by molar-refractivity contribution is 0.309. The molecule has 0 radical (unpaired) electrons. The van der Waals surface area contributed by atoms with Crippen LogP contribution in [-0.4, -0.2) is 37.8 Å². The van der Waals surface area contributed by atoms with Gasteiger partial charge in [-0.15, -0.1) is 0 Å². The van der Waals surface area contributed by atoms with E-state index >= 15 is 0 Å². The molecule has 9 nitrogen and oxygen atoms in total. The van der Waals surface area contributed by atoms with E-state index in [-0.39, 0.29) is 11.5 Å². The van der Waals surface area contributed by atoms with Gasteiger partial charge in [0.15, 0.2) is 11.6 Å². The Morgan fingerprint density at radius 1 is 1.46 bits per heavy atom. The summed E-state index contributed by atoms with van der Waals surface area (Å²) in [4.78, 5) is 12.7. The fourth-order valence-electron chi connectivity index (χ4n) is 1.68. The normalized spacial score (nSPS) is 11.6. The topological polar surface area (TPSA) is 109 Å². The van der Waals surface area contributed by atoms with E-state index in [1.807, 2.05) is 12.5 Å². The highest BCUT2D eigenvalue weighted by Gasteiger charge is 2.07. The Hall–Kier alpha value is -3.20. The molecule has 24 heavy (non-hydrogen) atoms. The average Bonchev–Trinajstić information content (AvgIpc) is 2.97. The number of nitrogens with one attached hydrogen (secondary N) is 2. The fourth-order valence-corrected chi connectivity index (χ4v) is 1.68. The monoisotopic (exact) mass is 329 g/mol. The second-order valence-electron chi connectivity index (χ2n) is 4.80. The van der Waals surface area contributed by atoms with Crippen molar-refractivity contribution in [2.45, 2.75) is 6.92 Å². The van der Waals surface area contributed by atoms with Gasteiger partial charge in [-0.25, -0.2) is 9.98 Å². The summed E-state index contributed by atoms with van der Waals surface area (Å²) in [6.45, 7) is 5.47. The van der Waals surface area contributed by atoms with Crippen LogP contribution in [0.15, 0.2) is 47.9 Å². The lowest BCUT2D eigenvalue weighted by Crippen LogP contribution is -2.01. The van der Waals surface area contributed by atoms with Crippen molar-refractivity contribution in [2.24, 2.45) is 12.0 Å². The SMILES string of the molecule is C=C(/C=C\C(C)=Nc1nc(Nc2ccn(C)n2)ncc1NO)OC. The summed E-state index contributed by atoms with van der Waals surface area (Å²) < 4.78 is 6.61. The molecule has 0 spiro atoms. The molecule has 2 heterocycles. The van der Waals surface area contributed by atoms with Gasteiger partial charge in [-0.05, 0) is 19.1 Å². The van der Waals surface area contributed by atoms with Gasteiger partial charge in [0.2, 0.25) is 5.95 Å². The molecule has 0 atom stereocenters. The molecule has 126 valence electrons. The maximum atomic E-state index is 9.18. The Kier molecular flexibility index (Phi) is 5.63. The second kappa shape index (κ2) is 7.88. The molecule has 0 aromatic carbocycles. The van der Waals surface area contributed by atoms with E-state index in [1.54, 1.807) is 36.0 Å². The van der Waals surface area contributed by atoms with E-state index in [4.69, 9.17) is 4.74 Å². The number of aryl methyl sites for hydroxylation is 1. The maximum absolute atomic E-state index is 9.18. The number of rotatable bonds is 7. The third-order valence-corrected chi connectivity index (χ3v) is 2.90. The standard InChI is InChI=1S/C15H19N7O2/c1-10(5-6-11(2)24-4)17-14-12(21-23)9-16-15(19-14)18-13-7-8-22(3)20-13/h5-9,21,23H,2H2,1,3-4H3,(H,16,18,19,20)/b6-5-,17-10?. The number of allylic oxidation sites excluding steroid dienone is 2. The van der Waals surface area contributed by atoms with Gasteiger partial charge in [-0.3, -0.25) is 15.4 Å². The molecular formula is C15H19N7O2. The van der Waals surface area contributed by atoms with Crippen molar-refractivity contribution >= 4 is 29.0 Å². The molecule has 0 aliphatic heterocycles. The minimum Gasteiger partial charge on any atom is -0.497 e. The van der Waals surface area contributed by atoms with E-state index < -0.39 is 0 Å². The lowest BCUT2D eigenvalue weighted by atomic mass is 10.3. The number of aromatic nitrogens is 4. The van der Waals surface area contributed by atoms with Crippen LogP contribution in [-0.2, 0) is 11.8 Å². The van der Waals surface area contributed by atoms with Crippen LogP contribution < -0.4 is 10.8 Å². The van der Waals surface area contributed by atoms with Crippen molar-refractivity contribution in [3.8, 4) is 0 Å². The Bertz CT molecular complexity index is 780. The quantitative estimate of drug-likeness (QED) is 0.310. The van der Waals surface area contributed by atoms with Gasteiger partial charge in [0.25, 0.3) is 0 Å². The highest BCUT2D eigenvalue weighted by atomic mass is 16.5. The summed E-state index contributed by atoms with van der Waals surface area (Å²) in [5.74, 6) is 1.69. The van der Waals surface area contributed by atoms with Crippen molar-refractivity contribution < 1.29 is 9.94 Å². The van der Waals surface area contributed by atoms with E-state index in [0.717, 1.165) is 0 Å². The van der Waals surface area contributed by atoms with Crippen molar-refractivity contribution in [3.05, 3.63) is 43.0 Å². The minimum absolute atomic E-state index is 0.274. The highest BCUT2D eigenvalue weighted by molar-refractivity contribution is 5.95. The molecule has 0 fully saturated rings. The summed E-state index contributed by atoms with van der Waals surface area (Å²) in [7, 11) is 3.34. The fraction of sp³-hybridized carbons (Fsp3) is 0.200. The molecule has 0 amide bonds. The van der Waals surface area contributed by atoms with Crippen LogP contribution in [0.4, 0.5) is 23.3 Å². The van der Waals surface area contributed by atoms with Crippen molar-refractivity contribution in [1.82, 2.24) is 19.7 Å². The number of hydrogen-bond donors (Lipinski definition) is 3. The smallest absolute Gasteiger partial charge is 0.230 e. The first kappa shape index (κ1) is 17.2. The summed E-state index contributed by atoms with van der Waals surface area (Å²) in [6, 6.07) is 1.79. The number of aliphatic imine (C=N–C) groups is 1. The molecule has 3 N–H and O–H groups in total. The van der Waals surface area contributed by atoms with Crippen LogP contribution in [0.25, 0.3) is 0 Å². The predicted octanol–water partition coefficient (Wildman–Crippen LogP) is 2.56. The highest BCUT2D eigenvalue weighted by Crippen LogP contribution is 2.23. The Morgan fingerprint density at radius 3 is 2.88 bits per heavy atom. The van der Waals surface area contributed by atoms with Crippen molar-refractivity contribution in [1.29, 1.82) is 0 Å². The summed E-state index contributed by atoms with van der Waals surface area (Å²) in [5, 5.41) is 16.3. The first-order chi connectivity index (χ1) is 11.5. The predicted molar refractivity (Wildman–Crippen MR) is 92.0 cm³/mol. The summed E-state index contributed by atoms with van der Waals surface area (Å²) >= 11 is 0. The minimum atomic E-state index is 0.274. The summed E-state index contributed by atoms with van der Waals surface area (Å²) in [5.41, 5.74) is 2.95. The first-order valence-electron chi connectivity index (χ1n) is 7.02. The van der Waals surface area contributed by atoms with Crippen LogP contribution >= 0.6 is 0 Å². The zero-order chi connectivity index (χ0) is 17.5. The van der Waals surface area contributed by atoms with E-state index in [2.05, 4.69) is 32.0 Å². The molecule has 0 bridgehead atoms. The molecule has 2 aromatic heterocycles. The maximum Gasteiger partial charge on any atom is 0.230 e. The van der Waals surface area contributed by atoms with Gasteiger partial charge in [-0.1, -0.05) is 6.58 Å². The number of hydrogen-bond acceptors (Lipinski definition) is 8. The Morgan fingerprint density at radius 2 is 2.25 bits per heavy atom. The molecule has 0 unspecified atom stereocenters. The van der Waals surface area contributed by atoms with Gasteiger partial charge in [0.05, 0.1) is 13.3 Å². The molecule has 0 saturated carbocycles. The third-order valence-electron chi connectivity index (χ3n) is 2.90. The van der Waals surface area contributed by atoms with Crippen molar-refractivity contribution in [2.75, 3.05) is 17.9 Å². The number of methoxy groups -OCH3 is 1.